The minimum absolute atomic E-state index is 0.0224. The zero-order valence-electron chi connectivity index (χ0n) is 13.3. The average molecular weight is 372 g/mol. The number of para-hydroxylation sites is 1. The Morgan fingerprint density at radius 1 is 1.13 bits per heavy atom. The fraction of sp³-hybridized carbons (Fsp3) is 0.263. The number of nitrogens with zero attached hydrogens (tertiary/aromatic N) is 1. The first-order chi connectivity index (χ1) is 10.8. The second kappa shape index (κ2) is 5.60. The maximum Gasteiger partial charge on any atom is 0.241 e. The molecule has 1 aliphatic rings. The fourth-order valence-electron chi connectivity index (χ4n) is 2.95. The highest BCUT2D eigenvalue weighted by Gasteiger charge is 2.44. The summed E-state index contributed by atoms with van der Waals surface area (Å²) in [6, 6.07) is 15.1. The predicted molar refractivity (Wildman–Crippen MR) is 95.8 cm³/mol. The van der Waals surface area contributed by atoms with Gasteiger partial charge in [0.1, 0.15) is 0 Å². The number of hydrogen-bond donors (Lipinski definition) is 0. The monoisotopic (exact) mass is 371 g/mol. The second-order valence-corrected chi connectivity index (χ2v) is 7.69. The SMILES string of the molecule is CC(Br)C(=O)c1ccc2c(c1)C(C)(C)C(=O)N2c1ccccc1. The van der Waals surface area contributed by atoms with Gasteiger partial charge in [-0.25, -0.2) is 0 Å². The number of amides is 1. The maximum atomic E-state index is 12.9. The summed E-state index contributed by atoms with van der Waals surface area (Å²) < 4.78 is 0. The van der Waals surface area contributed by atoms with Crippen LogP contribution in [0.1, 0.15) is 36.7 Å². The van der Waals surface area contributed by atoms with Gasteiger partial charge in [0.05, 0.1) is 15.9 Å². The highest BCUT2D eigenvalue weighted by atomic mass is 79.9. The minimum atomic E-state index is -0.656. The lowest BCUT2D eigenvalue weighted by Crippen LogP contribution is -2.33. The van der Waals surface area contributed by atoms with E-state index in [4.69, 9.17) is 0 Å². The third kappa shape index (κ3) is 2.51. The van der Waals surface area contributed by atoms with E-state index >= 15 is 0 Å². The molecule has 3 nitrogen and oxygen atoms in total. The third-order valence-electron chi connectivity index (χ3n) is 4.31. The fourth-order valence-corrected chi connectivity index (χ4v) is 3.22. The van der Waals surface area contributed by atoms with Crippen LogP contribution < -0.4 is 4.90 Å². The number of carbonyl (C=O) groups excluding carboxylic acids is 2. The molecule has 0 spiro atoms. The van der Waals surface area contributed by atoms with E-state index in [0.29, 0.717) is 5.56 Å². The van der Waals surface area contributed by atoms with Crippen LogP contribution in [0.3, 0.4) is 0 Å². The van der Waals surface area contributed by atoms with Gasteiger partial charge >= 0.3 is 0 Å². The Hall–Kier alpha value is -1.94. The largest absolute Gasteiger partial charge is 0.293 e. The number of halogens is 1. The molecule has 2 aromatic carbocycles. The molecule has 3 rings (SSSR count). The van der Waals surface area contributed by atoms with E-state index in [1.54, 1.807) is 11.0 Å². The molecule has 0 aromatic heterocycles. The van der Waals surface area contributed by atoms with Crippen molar-refractivity contribution in [2.75, 3.05) is 4.90 Å². The van der Waals surface area contributed by atoms with Crippen molar-refractivity contribution in [3.05, 3.63) is 59.7 Å². The van der Waals surface area contributed by atoms with Crippen LogP contribution in [0.25, 0.3) is 0 Å². The maximum absolute atomic E-state index is 12.9. The lowest BCUT2D eigenvalue weighted by molar-refractivity contribution is -0.121. The molecule has 0 bridgehead atoms. The van der Waals surface area contributed by atoms with Crippen molar-refractivity contribution in [3.63, 3.8) is 0 Å². The van der Waals surface area contributed by atoms with Crippen LogP contribution in [0, 0.1) is 0 Å². The van der Waals surface area contributed by atoms with Gasteiger partial charge in [0.25, 0.3) is 0 Å². The van der Waals surface area contributed by atoms with Gasteiger partial charge in [0.2, 0.25) is 5.91 Å². The van der Waals surface area contributed by atoms with E-state index in [1.807, 2.05) is 63.2 Å². The van der Waals surface area contributed by atoms with E-state index in [0.717, 1.165) is 16.9 Å². The number of carbonyl (C=O) groups is 2. The molecule has 0 saturated carbocycles. The molecular formula is C19H18BrNO2. The van der Waals surface area contributed by atoms with Gasteiger partial charge in [-0.3, -0.25) is 14.5 Å². The molecule has 0 saturated heterocycles. The van der Waals surface area contributed by atoms with Crippen molar-refractivity contribution in [3.8, 4) is 0 Å². The molecule has 1 aliphatic heterocycles. The summed E-state index contributed by atoms with van der Waals surface area (Å²) in [4.78, 5) is 26.7. The van der Waals surface area contributed by atoms with Gasteiger partial charge in [-0.1, -0.05) is 34.1 Å². The molecular weight excluding hydrogens is 354 g/mol. The smallest absolute Gasteiger partial charge is 0.241 e. The number of rotatable bonds is 3. The normalized spacial score (nSPS) is 17.0. The average Bonchev–Trinajstić information content (AvgIpc) is 2.74. The zero-order chi connectivity index (χ0) is 16.8. The van der Waals surface area contributed by atoms with Crippen molar-refractivity contribution >= 4 is 39.0 Å². The molecule has 1 unspecified atom stereocenters. The van der Waals surface area contributed by atoms with E-state index in [2.05, 4.69) is 15.9 Å². The third-order valence-corrected chi connectivity index (χ3v) is 4.72. The number of alkyl halides is 1. The van der Waals surface area contributed by atoms with Crippen molar-refractivity contribution in [2.45, 2.75) is 31.0 Å². The highest BCUT2D eigenvalue weighted by Crippen LogP contribution is 2.45. The number of hydrogen-bond acceptors (Lipinski definition) is 2. The number of benzene rings is 2. The standard InChI is InChI=1S/C19H18BrNO2/c1-12(20)17(22)13-9-10-16-15(11-13)19(2,3)18(23)21(16)14-7-5-4-6-8-14/h4-12H,1-3H3. The number of Topliss-reactive ketones (excluding diaryl/α,β-unsaturated/α-hetero) is 1. The van der Waals surface area contributed by atoms with Crippen molar-refractivity contribution in [1.29, 1.82) is 0 Å². The van der Waals surface area contributed by atoms with E-state index in [9.17, 15) is 9.59 Å². The molecule has 0 aliphatic carbocycles. The summed E-state index contributed by atoms with van der Waals surface area (Å²) in [6.45, 7) is 5.62. The molecule has 1 amide bonds. The first kappa shape index (κ1) is 15.9. The van der Waals surface area contributed by atoms with Gasteiger partial charge in [0, 0.05) is 11.3 Å². The van der Waals surface area contributed by atoms with Gasteiger partial charge in [0.15, 0.2) is 5.78 Å². The quantitative estimate of drug-likeness (QED) is 0.583. The second-order valence-electron chi connectivity index (χ2n) is 6.31. The molecule has 1 heterocycles. The molecule has 118 valence electrons. The minimum Gasteiger partial charge on any atom is -0.293 e. The number of anilines is 2. The highest BCUT2D eigenvalue weighted by molar-refractivity contribution is 9.10. The van der Waals surface area contributed by atoms with Crippen LogP contribution >= 0.6 is 15.9 Å². The Morgan fingerprint density at radius 3 is 2.39 bits per heavy atom. The van der Waals surface area contributed by atoms with Crippen LogP contribution in [0.2, 0.25) is 0 Å². The van der Waals surface area contributed by atoms with E-state index in [-0.39, 0.29) is 16.5 Å². The lowest BCUT2D eigenvalue weighted by Gasteiger charge is -2.20. The van der Waals surface area contributed by atoms with E-state index < -0.39 is 5.41 Å². The molecule has 0 fully saturated rings. The topological polar surface area (TPSA) is 37.4 Å². The van der Waals surface area contributed by atoms with Crippen LogP contribution in [0.4, 0.5) is 11.4 Å². The van der Waals surface area contributed by atoms with Gasteiger partial charge < -0.3 is 0 Å². The summed E-state index contributed by atoms with van der Waals surface area (Å²) in [6.07, 6.45) is 0. The molecule has 1 atom stereocenters. The van der Waals surface area contributed by atoms with Crippen LogP contribution in [-0.2, 0) is 10.2 Å². The summed E-state index contributed by atoms with van der Waals surface area (Å²) in [5.74, 6) is 0.0457. The lowest BCUT2D eigenvalue weighted by atomic mass is 9.85. The van der Waals surface area contributed by atoms with Crippen molar-refractivity contribution in [1.82, 2.24) is 0 Å². The summed E-state index contributed by atoms with van der Waals surface area (Å²) in [7, 11) is 0. The molecule has 4 heteroatoms. The molecule has 2 aromatic rings. The summed E-state index contributed by atoms with van der Waals surface area (Å²) >= 11 is 3.32. The van der Waals surface area contributed by atoms with Gasteiger partial charge in [-0.2, -0.15) is 0 Å². The Kier molecular flexibility index (Phi) is 3.88. The number of ketones is 1. The first-order valence-corrected chi connectivity index (χ1v) is 8.48. The van der Waals surface area contributed by atoms with Crippen LogP contribution in [-0.4, -0.2) is 16.5 Å². The van der Waals surface area contributed by atoms with Crippen molar-refractivity contribution in [2.24, 2.45) is 0 Å². The van der Waals surface area contributed by atoms with E-state index in [1.165, 1.54) is 0 Å². The summed E-state index contributed by atoms with van der Waals surface area (Å²) in [5.41, 5.74) is 2.56. The Balaban J connectivity index is 2.15. The number of fused-ring (bicyclic) bond motifs is 1. The predicted octanol–water partition coefficient (Wildman–Crippen LogP) is 4.61. The van der Waals surface area contributed by atoms with Crippen LogP contribution in [0.15, 0.2) is 48.5 Å². The zero-order valence-corrected chi connectivity index (χ0v) is 14.9. The van der Waals surface area contributed by atoms with Gasteiger partial charge in [-0.05, 0) is 56.7 Å². The molecule has 0 radical (unpaired) electrons. The van der Waals surface area contributed by atoms with Crippen molar-refractivity contribution < 1.29 is 9.59 Å². The van der Waals surface area contributed by atoms with Crippen LogP contribution in [0.5, 0.6) is 0 Å². The molecule has 23 heavy (non-hydrogen) atoms. The summed E-state index contributed by atoms with van der Waals surface area (Å²) in [5, 5.41) is 0. The van der Waals surface area contributed by atoms with Gasteiger partial charge in [-0.15, -0.1) is 0 Å². The Morgan fingerprint density at radius 2 is 1.78 bits per heavy atom. The first-order valence-electron chi connectivity index (χ1n) is 7.56. The Labute approximate surface area is 144 Å². The molecule has 0 N–H and O–H groups in total. The Bertz CT molecular complexity index is 781.